The Balaban J connectivity index is 2.38. The van der Waals surface area contributed by atoms with Crippen molar-refractivity contribution in [2.24, 2.45) is 0 Å². The molecule has 1 heterocycles. The topological polar surface area (TPSA) is 38.9 Å². The SMILES string of the molecule is ClCCc1nnc(-c2cc(I)ccc2Br)o1. The number of aromatic nitrogens is 2. The lowest BCUT2D eigenvalue weighted by Crippen LogP contribution is -1.84. The Kier molecular flexibility index (Phi) is 4.21. The monoisotopic (exact) mass is 412 g/mol. The number of benzene rings is 1. The van der Waals surface area contributed by atoms with Gasteiger partial charge in [0.2, 0.25) is 11.8 Å². The summed E-state index contributed by atoms with van der Waals surface area (Å²) in [6, 6.07) is 5.95. The van der Waals surface area contributed by atoms with Crippen molar-refractivity contribution < 1.29 is 4.42 Å². The summed E-state index contributed by atoms with van der Waals surface area (Å²) in [5.74, 6) is 1.57. The quantitative estimate of drug-likeness (QED) is 0.566. The highest BCUT2D eigenvalue weighted by Gasteiger charge is 2.11. The molecule has 0 bridgehead atoms. The molecular weight excluding hydrogens is 406 g/mol. The summed E-state index contributed by atoms with van der Waals surface area (Å²) in [5, 5.41) is 7.93. The van der Waals surface area contributed by atoms with Crippen LogP contribution in [0.15, 0.2) is 27.1 Å². The first-order valence-corrected chi connectivity index (χ1v) is 6.95. The fourth-order valence-electron chi connectivity index (χ4n) is 1.21. The third kappa shape index (κ3) is 2.75. The third-order valence-electron chi connectivity index (χ3n) is 1.93. The average Bonchev–Trinajstić information content (AvgIpc) is 2.71. The summed E-state index contributed by atoms with van der Waals surface area (Å²) < 4.78 is 7.56. The minimum atomic E-state index is 0.481. The lowest BCUT2D eigenvalue weighted by atomic mass is 10.2. The van der Waals surface area contributed by atoms with Gasteiger partial charge in [0.05, 0.1) is 5.56 Å². The van der Waals surface area contributed by atoms with E-state index in [4.69, 9.17) is 16.0 Å². The number of hydrogen-bond donors (Lipinski definition) is 0. The third-order valence-corrected chi connectivity index (χ3v) is 3.49. The van der Waals surface area contributed by atoms with Crippen molar-refractivity contribution in [3.05, 3.63) is 32.1 Å². The van der Waals surface area contributed by atoms with E-state index in [9.17, 15) is 0 Å². The average molecular weight is 413 g/mol. The maximum absolute atomic E-state index is 5.61. The van der Waals surface area contributed by atoms with Crippen molar-refractivity contribution in [3.8, 4) is 11.5 Å². The van der Waals surface area contributed by atoms with Crippen LogP contribution in [0.5, 0.6) is 0 Å². The Hall–Kier alpha value is -0.140. The molecule has 0 spiro atoms. The van der Waals surface area contributed by atoms with Crippen LogP contribution in [-0.2, 0) is 6.42 Å². The molecule has 0 radical (unpaired) electrons. The van der Waals surface area contributed by atoms with Crippen LogP contribution in [0.3, 0.4) is 0 Å². The molecule has 0 amide bonds. The molecule has 6 heteroatoms. The molecule has 0 N–H and O–H groups in total. The Bertz CT molecular complexity index is 503. The van der Waals surface area contributed by atoms with E-state index in [1.165, 1.54) is 0 Å². The smallest absolute Gasteiger partial charge is 0.248 e. The van der Waals surface area contributed by atoms with Crippen LogP contribution in [0.25, 0.3) is 11.5 Å². The van der Waals surface area contributed by atoms with Gasteiger partial charge >= 0.3 is 0 Å². The van der Waals surface area contributed by atoms with Crippen LogP contribution in [0.1, 0.15) is 5.89 Å². The fourth-order valence-corrected chi connectivity index (χ4v) is 2.27. The van der Waals surface area contributed by atoms with Gasteiger partial charge in [-0.25, -0.2) is 0 Å². The van der Waals surface area contributed by atoms with Gasteiger partial charge in [0.15, 0.2) is 0 Å². The van der Waals surface area contributed by atoms with Gasteiger partial charge in [0, 0.05) is 20.3 Å². The standard InChI is InChI=1S/C10H7BrClIN2O/c11-8-2-1-6(13)5-7(8)10-15-14-9(16-10)3-4-12/h1-2,5H,3-4H2. The van der Waals surface area contributed by atoms with Gasteiger partial charge in [0.1, 0.15) is 0 Å². The molecule has 3 nitrogen and oxygen atoms in total. The van der Waals surface area contributed by atoms with E-state index < -0.39 is 0 Å². The van der Waals surface area contributed by atoms with E-state index >= 15 is 0 Å². The van der Waals surface area contributed by atoms with Crippen LogP contribution in [0.2, 0.25) is 0 Å². The van der Waals surface area contributed by atoms with Crippen LogP contribution in [-0.4, -0.2) is 16.1 Å². The van der Waals surface area contributed by atoms with E-state index in [1.54, 1.807) is 0 Å². The van der Waals surface area contributed by atoms with Crippen molar-refractivity contribution in [1.29, 1.82) is 0 Å². The molecule has 0 aliphatic rings. The lowest BCUT2D eigenvalue weighted by Gasteiger charge is -1.99. The molecule has 0 fully saturated rings. The molecule has 0 aliphatic heterocycles. The summed E-state index contributed by atoms with van der Waals surface area (Å²) in [4.78, 5) is 0. The Morgan fingerprint density at radius 2 is 2.19 bits per heavy atom. The molecule has 0 atom stereocenters. The Labute approximate surface area is 120 Å². The van der Waals surface area contributed by atoms with E-state index in [-0.39, 0.29) is 0 Å². The zero-order valence-electron chi connectivity index (χ0n) is 8.08. The van der Waals surface area contributed by atoms with Gasteiger partial charge < -0.3 is 4.42 Å². The van der Waals surface area contributed by atoms with Crippen LogP contribution >= 0.6 is 50.1 Å². The van der Waals surface area contributed by atoms with E-state index in [1.807, 2.05) is 18.2 Å². The van der Waals surface area contributed by atoms with Gasteiger partial charge in [-0.05, 0) is 56.7 Å². The second-order valence-electron chi connectivity index (χ2n) is 3.06. The first-order chi connectivity index (χ1) is 7.70. The lowest BCUT2D eigenvalue weighted by molar-refractivity contribution is 0.513. The van der Waals surface area contributed by atoms with Crippen LogP contribution in [0.4, 0.5) is 0 Å². The van der Waals surface area contributed by atoms with Gasteiger partial charge in [-0.15, -0.1) is 21.8 Å². The highest BCUT2D eigenvalue weighted by molar-refractivity contribution is 14.1. The molecule has 1 aromatic heterocycles. The van der Waals surface area contributed by atoms with Gasteiger partial charge in [-0.3, -0.25) is 0 Å². The summed E-state index contributed by atoms with van der Waals surface area (Å²) >= 11 is 11.3. The molecule has 0 saturated carbocycles. The molecule has 0 aliphatic carbocycles. The summed E-state index contributed by atoms with van der Waals surface area (Å²) in [6.45, 7) is 0. The van der Waals surface area contributed by atoms with Gasteiger partial charge in [0.25, 0.3) is 0 Å². The van der Waals surface area contributed by atoms with Crippen molar-refractivity contribution in [2.75, 3.05) is 5.88 Å². The van der Waals surface area contributed by atoms with Gasteiger partial charge in [-0.2, -0.15) is 0 Å². The number of nitrogens with zero attached hydrogens (tertiary/aromatic N) is 2. The maximum Gasteiger partial charge on any atom is 0.248 e. The fraction of sp³-hybridized carbons (Fsp3) is 0.200. The minimum Gasteiger partial charge on any atom is -0.421 e. The minimum absolute atomic E-state index is 0.481. The number of rotatable bonds is 3. The van der Waals surface area contributed by atoms with E-state index in [0.717, 1.165) is 13.6 Å². The molecule has 1 aromatic carbocycles. The molecule has 0 unspecified atom stereocenters. The van der Waals surface area contributed by atoms with Crippen molar-refractivity contribution in [3.63, 3.8) is 0 Å². The number of hydrogen-bond acceptors (Lipinski definition) is 3. The molecular formula is C10H7BrClIN2O. The van der Waals surface area contributed by atoms with Crippen LogP contribution in [0, 0.1) is 3.57 Å². The highest BCUT2D eigenvalue weighted by atomic mass is 127. The molecule has 84 valence electrons. The maximum atomic E-state index is 5.61. The largest absolute Gasteiger partial charge is 0.421 e. The summed E-state index contributed by atoms with van der Waals surface area (Å²) in [6.07, 6.45) is 0.593. The first kappa shape index (κ1) is 12.3. The summed E-state index contributed by atoms with van der Waals surface area (Å²) in [5.41, 5.74) is 0.903. The second-order valence-corrected chi connectivity index (χ2v) is 5.54. The summed E-state index contributed by atoms with van der Waals surface area (Å²) in [7, 11) is 0. The number of halogens is 3. The first-order valence-electron chi connectivity index (χ1n) is 4.54. The number of alkyl halides is 1. The molecule has 2 aromatic rings. The normalized spacial score (nSPS) is 10.7. The second kappa shape index (κ2) is 5.46. The molecule has 0 saturated heterocycles. The van der Waals surface area contributed by atoms with Gasteiger partial charge in [-0.1, -0.05) is 0 Å². The highest BCUT2D eigenvalue weighted by Crippen LogP contribution is 2.28. The van der Waals surface area contributed by atoms with E-state index in [2.05, 4.69) is 48.7 Å². The van der Waals surface area contributed by atoms with Crippen molar-refractivity contribution in [1.82, 2.24) is 10.2 Å². The zero-order chi connectivity index (χ0) is 11.5. The Morgan fingerprint density at radius 1 is 1.38 bits per heavy atom. The van der Waals surface area contributed by atoms with Crippen molar-refractivity contribution >= 4 is 50.1 Å². The Morgan fingerprint density at radius 3 is 2.94 bits per heavy atom. The molecule has 16 heavy (non-hydrogen) atoms. The number of aryl methyl sites for hydroxylation is 1. The van der Waals surface area contributed by atoms with Crippen LogP contribution < -0.4 is 0 Å². The predicted molar refractivity (Wildman–Crippen MR) is 74.6 cm³/mol. The van der Waals surface area contributed by atoms with E-state index in [0.29, 0.717) is 24.1 Å². The predicted octanol–water partition coefficient (Wildman–Crippen LogP) is 3.89. The molecule has 2 rings (SSSR count). The van der Waals surface area contributed by atoms with Crippen molar-refractivity contribution in [2.45, 2.75) is 6.42 Å². The zero-order valence-corrected chi connectivity index (χ0v) is 12.6.